The molecule has 1 N–H and O–H groups in total. The third-order valence-corrected chi connectivity index (χ3v) is 2.17. The highest BCUT2D eigenvalue weighted by Gasteiger charge is 2.35. The lowest BCUT2D eigenvalue weighted by Gasteiger charge is -2.13. The van der Waals surface area contributed by atoms with Crippen LogP contribution < -0.4 is 0 Å². The van der Waals surface area contributed by atoms with Crippen LogP contribution in [0.25, 0.3) is 0 Å². The fourth-order valence-corrected chi connectivity index (χ4v) is 1.33. The van der Waals surface area contributed by atoms with Crippen molar-refractivity contribution in [2.75, 3.05) is 0 Å². The molecule has 0 saturated carbocycles. The number of aliphatic hydroxyl groups excluding tert-OH is 1. The van der Waals surface area contributed by atoms with Crippen LogP contribution in [0.4, 0.5) is 17.6 Å². The molecule has 92 valence electrons. The molecule has 1 aromatic rings. The van der Waals surface area contributed by atoms with Crippen LogP contribution in [0.3, 0.4) is 0 Å². The topological polar surface area (TPSA) is 20.2 Å². The summed E-state index contributed by atoms with van der Waals surface area (Å²) in [6.45, 7) is 1.52. The molecular weight excluding hydrogens is 236 g/mol. The first-order valence-electron chi connectivity index (χ1n) is 4.81. The molecule has 1 atom stereocenters. The second-order valence-corrected chi connectivity index (χ2v) is 3.35. The minimum absolute atomic E-state index is 0.102. The fourth-order valence-electron chi connectivity index (χ4n) is 1.33. The Kier molecular flexibility index (Phi) is 4.13. The first-order chi connectivity index (χ1) is 7.88. The van der Waals surface area contributed by atoms with Crippen molar-refractivity contribution in [3.05, 3.63) is 35.1 Å². The van der Waals surface area contributed by atoms with Crippen LogP contribution in [0.15, 0.2) is 18.2 Å². The SMILES string of the molecule is CC#CCC(O)c1cccc(C(F)(F)F)c1F. The Hall–Kier alpha value is -1.54. The van der Waals surface area contributed by atoms with Gasteiger partial charge in [-0.2, -0.15) is 13.2 Å². The number of alkyl halides is 3. The molecule has 5 heteroatoms. The molecule has 1 rings (SSSR count). The quantitative estimate of drug-likeness (QED) is 0.627. The highest BCUT2D eigenvalue weighted by molar-refractivity contribution is 5.30. The van der Waals surface area contributed by atoms with Gasteiger partial charge in [0.25, 0.3) is 0 Å². The van der Waals surface area contributed by atoms with E-state index in [-0.39, 0.29) is 12.0 Å². The Labute approximate surface area is 96.1 Å². The molecule has 17 heavy (non-hydrogen) atoms. The van der Waals surface area contributed by atoms with Crippen molar-refractivity contribution in [3.8, 4) is 11.8 Å². The minimum atomic E-state index is -4.77. The van der Waals surface area contributed by atoms with E-state index in [2.05, 4.69) is 11.8 Å². The fraction of sp³-hybridized carbons (Fsp3) is 0.333. The van der Waals surface area contributed by atoms with Crippen molar-refractivity contribution in [1.82, 2.24) is 0 Å². The molecule has 0 spiro atoms. The molecule has 0 aliphatic heterocycles. The number of aliphatic hydroxyl groups is 1. The summed E-state index contributed by atoms with van der Waals surface area (Å²) in [5.74, 6) is 3.52. The van der Waals surface area contributed by atoms with Gasteiger partial charge >= 0.3 is 6.18 Å². The van der Waals surface area contributed by atoms with Gasteiger partial charge in [0.2, 0.25) is 0 Å². The number of hydrogen-bond donors (Lipinski definition) is 1. The first-order valence-corrected chi connectivity index (χ1v) is 4.81. The van der Waals surface area contributed by atoms with Crippen molar-refractivity contribution in [3.63, 3.8) is 0 Å². The number of rotatable bonds is 2. The van der Waals surface area contributed by atoms with E-state index in [0.717, 1.165) is 12.1 Å². The van der Waals surface area contributed by atoms with E-state index in [9.17, 15) is 22.7 Å². The lowest BCUT2D eigenvalue weighted by atomic mass is 10.0. The predicted molar refractivity (Wildman–Crippen MR) is 54.4 cm³/mol. The number of halogens is 4. The van der Waals surface area contributed by atoms with Crippen molar-refractivity contribution in [1.29, 1.82) is 0 Å². The van der Waals surface area contributed by atoms with Gasteiger partial charge in [0.15, 0.2) is 0 Å². The smallest absolute Gasteiger partial charge is 0.387 e. The summed E-state index contributed by atoms with van der Waals surface area (Å²) < 4.78 is 50.7. The maximum absolute atomic E-state index is 13.5. The van der Waals surface area contributed by atoms with Crippen molar-refractivity contribution in [2.24, 2.45) is 0 Å². The average molecular weight is 246 g/mol. The van der Waals surface area contributed by atoms with E-state index in [4.69, 9.17) is 0 Å². The van der Waals surface area contributed by atoms with Crippen LogP contribution in [0, 0.1) is 17.7 Å². The molecule has 0 aromatic heterocycles. The lowest BCUT2D eigenvalue weighted by Crippen LogP contribution is -2.11. The summed E-state index contributed by atoms with van der Waals surface area (Å²) in [6.07, 6.45) is -6.23. The third kappa shape index (κ3) is 3.21. The zero-order valence-electron chi connectivity index (χ0n) is 8.98. The molecule has 0 aliphatic rings. The summed E-state index contributed by atoms with van der Waals surface area (Å²) in [5, 5.41) is 9.51. The van der Waals surface area contributed by atoms with Crippen LogP contribution in [0.2, 0.25) is 0 Å². The van der Waals surface area contributed by atoms with Gasteiger partial charge in [0.1, 0.15) is 5.82 Å². The number of benzene rings is 1. The summed E-state index contributed by atoms with van der Waals surface area (Å²) in [4.78, 5) is 0. The van der Waals surface area contributed by atoms with Crippen molar-refractivity contribution >= 4 is 0 Å². The summed E-state index contributed by atoms with van der Waals surface area (Å²) in [5.41, 5.74) is -1.76. The Balaban J connectivity index is 3.13. The van der Waals surface area contributed by atoms with Crippen LogP contribution in [-0.4, -0.2) is 5.11 Å². The second-order valence-electron chi connectivity index (χ2n) is 3.35. The molecule has 1 nitrogen and oxygen atoms in total. The molecule has 0 aliphatic carbocycles. The van der Waals surface area contributed by atoms with Gasteiger partial charge in [-0.05, 0) is 13.0 Å². The molecule has 1 aromatic carbocycles. The van der Waals surface area contributed by atoms with Crippen LogP contribution in [-0.2, 0) is 6.18 Å². The predicted octanol–water partition coefficient (Wildman–Crippen LogP) is 3.29. The van der Waals surface area contributed by atoms with E-state index >= 15 is 0 Å². The van der Waals surface area contributed by atoms with E-state index in [1.165, 1.54) is 6.92 Å². The molecular formula is C12H10F4O. The Morgan fingerprint density at radius 3 is 2.53 bits per heavy atom. The molecule has 0 saturated heterocycles. The molecule has 1 unspecified atom stereocenters. The minimum Gasteiger partial charge on any atom is -0.387 e. The number of hydrogen-bond acceptors (Lipinski definition) is 1. The Morgan fingerprint density at radius 2 is 2.00 bits per heavy atom. The highest BCUT2D eigenvalue weighted by atomic mass is 19.4. The van der Waals surface area contributed by atoms with Crippen LogP contribution >= 0.6 is 0 Å². The van der Waals surface area contributed by atoms with Crippen molar-refractivity contribution in [2.45, 2.75) is 25.6 Å². The van der Waals surface area contributed by atoms with Gasteiger partial charge in [0.05, 0.1) is 11.7 Å². The van der Waals surface area contributed by atoms with E-state index in [1.807, 2.05) is 0 Å². The standard InChI is InChI=1S/C12H10F4O/c1-2-3-7-10(17)8-5-4-6-9(11(8)13)12(14,15)16/h4-6,10,17H,7H2,1H3. The maximum Gasteiger partial charge on any atom is 0.419 e. The van der Waals surface area contributed by atoms with Crippen LogP contribution in [0.5, 0.6) is 0 Å². The molecule has 0 bridgehead atoms. The second kappa shape index (κ2) is 5.19. The van der Waals surface area contributed by atoms with Crippen molar-refractivity contribution < 1.29 is 22.7 Å². The highest BCUT2D eigenvalue weighted by Crippen LogP contribution is 2.34. The zero-order chi connectivity index (χ0) is 13.1. The van der Waals surface area contributed by atoms with Gasteiger partial charge < -0.3 is 5.11 Å². The van der Waals surface area contributed by atoms with E-state index in [0.29, 0.717) is 6.07 Å². The van der Waals surface area contributed by atoms with Gasteiger partial charge in [-0.15, -0.1) is 11.8 Å². The van der Waals surface area contributed by atoms with Gasteiger partial charge in [0, 0.05) is 12.0 Å². The summed E-state index contributed by atoms with van der Waals surface area (Å²) >= 11 is 0. The zero-order valence-corrected chi connectivity index (χ0v) is 8.98. The molecule has 0 amide bonds. The normalized spacial score (nSPS) is 12.8. The molecule has 0 fully saturated rings. The monoisotopic (exact) mass is 246 g/mol. The van der Waals surface area contributed by atoms with Gasteiger partial charge in [-0.25, -0.2) is 4.39 Å². The van der Waals surface area contributed by atoms with Crippen LogP contribution in [0.1, 0.15) is 30.6 Å². The van der Waals surface area contributed by atoms with E-state index < -0.39 is 23.7 Å². The Bertz CT molecular complexity index is 454. The average Bonchev–Trinajstić information content (AvgIpc) is 2.24. The molecule has 0 radical (unpaired) electrons. The van der Waals surface area contributed by atoms with E-state index in [1.54, 1.807) is 0 Å². The summed E-state index contributed by atoms with van der Waals surface area (Å²) in [6, 6.07) is 2.81. The third-order valence-electron chi connectivity index (χ3n) is 2.17. The van der Waals surface area contributed by atoms with Gasteiger partial charge in [-0.1, -0.05) is 12.1 Å². The first kappa shape index (κ1) is 13.5. The maximum atomic E-state index is 13.5. The Morgan fingerprint density at radius 1 is 1.35 bits per heavy atom. The van der Waals surface area contributed by atoms with Gasteiger partial charge in [-0.3, -0.25) is 0 Å². The summed E-state index contributed by atoms with van der Waals surface area (Å²) in [7, 11) is 0. The lowest BCUT2D eigenvalue weighted by molar-refractivity contribution is -0.140. The molecule has 0 heterocycles. The largest absolute Gasteiger partial charge is 0.419 e.